The Bertz CT molecular complexity index is 961. The lowest BCUT2D eigenvalue weighted by Gasteiger charge is -2.66. The van der Waals surface area contributed by atoms with Crippen molar-refractivity contribution in [2.75, 3.05) is 32.5 Å². The van der Waals surface area contributed by atoms with Crippen molar-refractivity contribution < 1.29 is 23.9 Å². The first kappa shape index (κ1) is 28.4. The smallest absolute Gasteiger partial charge is 0.414 e. The number of hydrogen-bond acceptors (Lipinski definition) is 7. The molecular weight excluding hydrogens is 500 g/mol. The van der Waals surface area contributed by atoms with Gasteiger partial charge >= 0.3 is 6.09 Å². The molecule has 0 aromatic carbocycles. The number of hydrogen-bond donors (Lipinski definition) is 1. The van der Waals surface area contributed by atoms with Gasteiger partial charge in [-0.05, 0) is 68.6 Å². The van der Waals surface area contributed by atoms with Crippen LogP contribution in [0, 0.1) is 40.4 Å². The summed E-state index contributed by atoms with van der Waals surface area (Å²) in [4.78, 5) is 43.1. The minimum absolute atomic E-state index is 0.0221. The predicted molar refractivity (Wildman–Crippen MR) is 149 cm³/mol. The van der Waals surface area contributed by atoms with Gasteiger partial charge in [0.05, 0.1) is 16.8 Å². The molecule has 5 rings (SSSR count). The van der Waals surface area contributed by atoms with Gasteiger partial charge in [-0.3, -0.25) is 14.9 Å². The van der Waals surface area contributed by atoms with Gasteiger partial charge in [-0.1, -0.05) is 34.1 Å². The van der Waals surface area contributed by atoms with E-state index < -0.39 is 16.9 Å². The predicted octanol–water partition coefficient (Wildman–Crippen LogP) is 4.92. The van der Waals surface area contributed by atoms with Crippen LogP contribution in [0.5, 0.6) is 0 Å². The van der Waals surface area contributed by atoms with Crippen LogP contribution in [0.2, 0.25) is 0 Å². The SMILES string of the molecule is CCS[C@]1(C)C[C@@H](OC(=O)NC(=O)[C@H]2CN3CCC2C3)[C@@]2(C)C3[C@H](OC)CCCC3(CC[C@H]2C)[C@@H](C)C1=O. The Morgan fingerprint density at radius 3 is 2.53 bits per heavy atom. The first-order valence-corrected chi connectivity index (χ1v) is 15.9. The van der Waals surface area contributed by atoms with E-state index in [1.165, 1.54) is 0 Å². The zero-order valence-electron chi connectivity index (χ0n) is 24.2. The van der Waals surface area contributed by atoms with Crippen molar-refractivity contribution in [2.45, 2.75) is 96.5 Å². The summed E-state index contributed by atoms with van der Waals surface area (Å²) in [6.07, 6.45) is 5.38. The van der Waals surface area contributed by atoms with Crippen LogP contribution in [0.25, 0.3) is 0 Å². The zero-order chi connectivity index (χ0) is 27.5. The number of ether oxygens (including phenoxy) is 2. The van der Waals surface area contributed by atoms with Crippen LogP contribution >= 0.6 is 11.8 Å². The van der Waals surface area contributed by atoms with Crippen LogP contribution in [-0.2, 0) is 19.1 Å². The highest BCUT2D eigenvalue weighted by Crippen LogP contribution is 2.67. The molecular formula is C30H48N2O5S. The van der Waals surface area contributed by atoms with Crippen LogP contribution in [0.15, 0.2) is 0 Å². The molecule has 11 atom stereocenters. The number of methoxy groups -OCH3 is 1. The Morgan fingerprint density at radius 1 is 1.13 bits per heavy atom. The molecule has 2 saturated heterocycles. The molecule has 7 nitrogen and oxygen atoms in total. The number of imide groups is 1. The number of carbonyl (C=O) groups excluding carboxylic acids is 3. The monoisotopic (exact) mass is 548 g/mol. The van der Waals surface area contributed by atoms with E-state index in [9.17, 15) is 14.4 Å². The van der Waals surface area contributed by atoms with E-state index in [1.54, 1.807) is 18.9 Å². The molecule has 0 spiro atoms. The molecule has 3 aliphatic carbocycles. The number of Topliss-reactive ketones (excluding diaryl/α,β-unsaturated/α-hetero) is 1. The third kappa shape index (κ3) is 4.36. The maximum absolute atomic E-state index is 14.3. The van der Waals surface area contributed by atoms with Crippen molar-refractivity contribution in [2.24, 2.45) is 40.4 Å². The van der Waals surface area contributed by atoms with Crippen LogP contribution in [0.1, 0.15) is 79.6 Å². The zero-order valence-corrected chi connectivity index (χ0v) is 25.0. The van der Waals surface area contributed by atoms with E-state index in [4.69, 9.17) is 9.47 Å². The van der Waals surface area contributed by atoms with Crippen molar-refractivity contribution >= 4 is 29.5 Å². The van der Waals surface area contributed by atoms with Crippen molar-refractivity contribution in [1.82, 2.24) is 10.2 Å². The summed E-state index contributed by atoms with van der Waals surface area (Å²) in [6.45, 7) is 13.6. The second-order valence-electron chi connectivity index (χ2n) is 13.4. The Kier molecular flexibility index (Phi) is 7.75. The number of piperidine rings is 1. The Morgan fingerprint density at radius 2 is 1.89 bits per heavy atom. The normalized spacial score (nSPS) is 48.1. The van der Waals surface area contributed by atoms with Gasteiger partial charge in [0.15, 0.2) is 5.78 Å². The van der Waals surface area contributed by atoms with E-state index in [1.807, 2.05) is 0 Å². The summed E-state index contributed by atoms with van der Waals surface area (Å²) < 4.78 is 11.9. The summed E-state index contributed by atoms with van der Waals surface area (Å²) >= 11 is 1.68. The van der Waals surface area contributed by atoms with Crippen LogP contribution < -0.4 is 5.32 Å². The molecule has 38 heavy (non-hydrogen) atoms. The molecule has 0 aromatic heterocycles. The highest BCUT2D eigenvalue weighted by molar-refractivity contribution is 8.01. The Balaban J connectivity index is 1.50. The molecule has 0 radical (unpaired) electrons. The average Bonchev–Trinajstić information content (AvgIpc) is 3.53. The number of carbonyl (C=O) groups is 3. The van der Waals surface area contributed by atoms with E-state index in [0.717, 1.165) is 63.9 Å². The van der Waals surface area contributed by atoms with E-state index in [-0.39, 0.29) is 46.4 Å². The molecule has 4 unspecified atom stereocenters. The topological polar surface area (TPSA) is 84.9 Å². The van der Waals surface area contributed by atoms with Crippen LogP contribution in [0.4, 0.5) is 4.79 Å². The quantitative estimate of drug-likeness (QED) is 0.522. The number of nitrogens with zero attached hydrogens (tertiary/aromatic N) is 1. The van der Waals surface area contributed by atoms with Crippen molar-refractivity contribution in [3.63, 3.8) is 0 Å². The fourth-order valence-electron chi connectivity index (χ4n) is 9.65. The summed E-state index contributed by atoms with van der Waals surface area (Å²) in [6, 6.07) is 0. The molecule has 214 valence electrons. The number of fused-ring (bicyclic) bond motifs is 2. The van der Waals surface area contributed by atoms with Gasteiger partial charge in [0.2, 0.25) is 5.91 Å². The highest BCUT2D eigenvalue weighted by atomic mass is 32.2. The number of rotatable bonds is 5. The van der Waals surface area contributed by atoms with Crippen molar-refractivity contribution in [1.29, 1.82) is 0 Å². The second kappa shape index (κ2) is 10.4. The third-order valence-electron chi connectivity index (χ3n) is 11.9. The molecule has 4 bridgehead atoms. The number of alkyl carbamates (subject to hydrolysis) is 1. The van der Waals surface area contributed by atoms with E-state index >= 15 is 0 Å². The van der Waals surface area contributed by atoms with E-state index in [0.29, 0.717) is 18.3 Å². The number of nitrogens with one attached hydrogen (secondary N) is 1. The summed E-state index contributed by atoms with van der Waals surface area (Å²) in [7, 11) is 1.79. The fourth-order valence-corrected chi connectivity index (χ4v) is 10.9. The van der Waals surface area contributed by atoms with Gasteiger partial charge in [-0.25, -0.2) is 4.79 Å². The fraction of sp³-hybridized carbons (Fsp3) is 0.900. The minimum Gasteiger partial charge on any atom is -0.445 e. The largest absolute Gasteiger partial charge is 0.445 e. The minimum atomic E-state index is -0.655. The van der Waals surface area contributed by atoms with Gasteiger partial charge in [0, 0.05) is 43.9 Å². The molecule has 0 aromatic rings. The van der Waals surface area contributed by atoms with Crippen molar-refractivity contribution in [3.8, 4) is 0 Å². The van der Waals surface area contributed by atoms with Gasteiger partial charge in [0.1, 0.15) is 6.10 Å². The van der Waals surface area contributed by atoms with Crippen LogP contribution in [0.3, 0.4) is 0 Å². The lowest BCUT2D eigenvalue weighted by atomic mass is 9.40. The number of thioether (sulfide) groups is 1. The lowest BCUT2D eigenvalue weighted by molar-refractivity contribution is -0.217. The molecule has 3 saturated carbocycles. The number of ketones is 1. The first-order valence-electron chi connectivity index (χ1n) is 14.9. The Labute approximate surface area is 232 Å². The molecule has 2 amide bonds. The van der Waals surface area contributed by atoms with Gasteiger partial charge in [-0.2, -0.15) is 0 Å². The van der Waals surface area contributed by atoms with Gasteiger partial charge < -0.3 is 14.4 Å². The van der Waals surface area contributed by atoms with Crippen molar-refractivity contribution in [3.05, 3.63) is 0 Å². The summed E-state index contributed by atoms with van der Waals surface area (Å²) in [5.41, 5.74) is -0.541. The molecule has 2 aliphatic heterocycles. The third-order valence-corrected chi connectivity index (χ3v) is 13.1. The Hall–Kier alpha value is -1.12. The maximum atomic E-state index is 14.3. The molecule has 1 N–H and O–H groups in total. The average molecular weight is 549 g/mol. The maximum Gasteiger partial charge on any atom is 0.414 e. The highest BCUT2D eigenvalue weighted by Gasteiger charge is 2.67. The molecule has 8 heteroatoms. The standard InChI is InChI=1S/C30H48N2O5S/c1-7-38-28(4)15-23(37-27(35)31-26(34)21-17-32-14-11-20(21)16-32)29(5)18(2)10-13-30(19(3)25(28)33)12-8-9-22(36-6)24(29)30/h18-24H,7-17H2,1-6H3,(H,31,34,35)/t18-,19+,20?,21+,22-,23-,24?,28-,29+,30?/m1/s1. The van der Waals surface area contributed by atoms with Gasteiger partial charge in [-0.15, -0.1) is 11.8 Å². The van der Waals surface area contributed by atoms with E-state index in [2.05, 4.69) is 44.8 Å². The number of amides is 2. The second-order valence-corrected chi connectivity index (χ2v) is 15.2. The molecule has 2 heterocycles. The van der Waals surface area contributed by atoms with Gasteiger partial charge in [0.25, 0.3) is 0 Å². The van der Waals surface area contributed by atoms with Crippen LogP contribution in [-0.4, -0.2) is 72.1 Å². The summed E-state index contributed by atoms with van der Waals surface area (Å²) in [5, 5.41) is 2.62. The molecule has 5 fully saturated rings. The lowest BCUT2D eigenvalue weighted by Crippen LogP contribution is -2.67. The summed E-state index contributed by atoms with van der Waals surface area (Å²) in [5.74, 6) is 1.38. The first-order chi connectivity index (χ1) is 18.0. The molecule has 5 aliphatic rings.